The minimum Gasteiger partial charge on any atom is -0.474 e. The second kappa shape index (κ2) is 26.1. The fourth-order valence-corrected chi connectivity index (χ4v) is 12.3. The molecule has 7 N–H and O–H groups in total. The Labute approximate surface area is 476 Å². The molecule has 1 saturated carbocycles. The number of likely N-dealkylation sites (tertiary alicyclic amines) is 2. The van der Waals surface area contributed by atoms with Crippen LogP contribution in [0.4, 0.5) is 17.2 Å². The zero-order chi connectivity index (χ0) is 57.5. The van der Waals surface area contributed by atoms with Crippen LogP contribution in [-0.2, 0) is 27.9 Å². The van der Waals surface area contributed by atoms with Crippen LogP contribution in [0.1, 0.15) is 94.6 Å². The van der Waals surface area contributed by atoms with E-state index in [1.165, 1.54) is 4.90 Å². The van der Waals surface area contributed by atoms with Gasteiger partial charge in [0.15, 0.2) is 18.4 Å². The van der Waals surface area contributed by atoms with Crippen LogP contribution in [0.3, 0.4) is 0 Å². The van der Waals surface area contributed by atoms with E-state index >= 15 is 0 Å². The lowest BCUT2D eigenvalue weighted by molar-refractivity contribution is -0.141. The summed E-state index contributed by atoms with van der Waals surface area (Å²) in [4.78, 5) is 50.7. The number of fused-ring (bicyclic) bond motifs is 2. The summed E-state index contributed by atoms with van der Waals surface area (Å²) in [6.07, 6.45) is 6.81. The van der Waals surface area contributed by atoms with Crippen molar-refractivity contribution in [1.82, 2.24) is 35.5 Å². The first-order valence-corrected chi connectivity index (χ1v) is 29.7. The van der Waals surface area contributed by atoms with Crippen LogP contribution in [0.5, 0.6) is 17.5 Å². The van der Waals surface area contributed by atoms with Gasteiger partial charge in [-0.25, -0.2) is 14.1 Å². The van der Waals surface area contributed by atoms with E-state index in [9.17, 15) is 24.2 Å². The standard InChI is InChI=1S/C57H73N12O12P/c1-35(2)54(57(72)68-33-42(70)25-49(68)56(71)62-36(3)38-10-8-37(30-59)9-11-38)51-29-53(65-81-51)75-23-21-66-19-15-43(16-20-66)79-44-26-45(27-44)80-52-24-39(14-18-61-52)69-40-12-13-41(69)32-67(31-40)48-28-47(63-64-55(48)60)46-6-4-5-7-50(46)76-34-78-82(73,74)77-22-17-58/h4-11,14,18,24,28-29,35-36,40-45,49,54,70H,12-13,15-17,19-23,25-27,31-34,58H2,1-3H3,(H2,60,64)(H,62,71)(H,73,74)/t36-,40?,41?,42+,44?,45?,49-,54+/m0/s1. The lowest BCUT2D eigenvalue weighted by Gasteiger charge is -2.43. The van der Waals surface area contributed by atoms with E-state index in [0.29, 0.717) is 53.2 Å². The molecule has 1 aliphatic carbocycles. The number of nitrogens with two attached hydrogens (primary N) is 2. The number of amides is 2. The first-order valence-electron chi connectivity index (χ1n) is 28.2. The van der Waals surface area contributed by atoms with Crippen LogP contribution in [0.15, 0.2) is 83.5 Å². The zero-order valence-corrected chi connectivity index (χ0v) is 47.3. The normalized spacial score (nSPS) is 23.4. The molecule has 4 saturated heterocycles. The summed E-state index contributed by atoms with van der Waals surface area (Å²) in [6.45, 7) is 9.29. The van der Waals surface area contributed by atoms with Crippen LogP contribution in [0.2, 0.25) is 0 Å². The summed E-state index contributed by atoms with van der Waals surface area (Å²) in [7, 11) is -4.34. The molecule has 82 heavy (non-hydrogen) atoms. The number of nitriles is 1. The van der Waals surface area contributed by atoms with Gasteiger partial charge in [-0.15, -0.1) is 10.2 Å². The number of rotatable bonds is 24. The molecular formula is C57H73N12O12P. The van der Waals surface area contributed by atoms with E-state index in [1.54, 1.807) is 42.5 Å². The Kier molecular flexibility index (Phi) is 18.5. The van der Waals surface area contributed by atoms with E-state index in [4.69, 9.17) is 49.2 Å². The lowest BCUT2D eigenvalue weighted by Crippen LogP contribution is -2.54. The molecule has 3 unspecified atom stereocenters. The Morgan fingerprint density at radius 2 is 1.65 bits per heavy atom. The van der Waals surface area contributed by atoms with Crippen molar-refractivity contribution in [1.29, 1.82) is 5.26 Å². The van der Waals surface area contributed by atoms with Gasteiger partial charge in [-0.2, -0.15) is 5.26 Å². The number of hydrogen-bond acceptors (Lipinski definition) is 21. The highest BCUT2D eigenvalue weighted by Gasteiger charge is 2.45. The number of β-amino-alcohol motifs (C(OH)–C–C–N with tert-alkyl or cyclic N) is 1. The van der Waals surface area contributed by atoms with Gasteiger partial charge in [0.1, 0.15) is 30.4 Å². The third-order valence-corrected chi connectivity index (χ3v) is 17.0. The molecule has 0 radical (unpaired) electrons. The molecule has 5 aliphatic rings. The Morgan fingerprint density at radius 3 is 2.38 bits per heavy atom. The number of nitrogen functional groups attached to an aromatic ring is 1. The minimum absolute atomic E-state index is 0.0168. The van der Waals surface area contributed by atoms with Crippen molar-refractivity contribution in [2.24, 2.45) is 11.7 Å². The number of carbonyl (C=O) groups is 2. The predicted molar refractivity (Wildman–Crippen MR) is 300 cm³/mol. The Hall–Kier alpha value is -6.94. The predicted octanol–water partition coefficient (Wildman–Crippen LogP) is 5.32. The van der Waals surface area contributed by atoms with E-state index in [-0.39, 0.29) is 86.2 Å². The monoisotopic (exact) mass is 1150 g/mol. The summed E-state index contributed by atoms with van der Waals surface area (Å²) in [5.74, 6) is 0.265. The van der Waals surface area contributed by atoms with Gasteiger partial charge < -0.3 is 65.0 Å². The maximum atomic E-state index is 14.1. The highest BCUT2D eigenvalue weighted by atomic mass is 31.2. The van der Waals surface area contributed by atoms with E-state index in [0.717, 1.165) is 81.6 Å². The number of ether oxygens (including phenoxy) is 4. The number of aliphatic hydroxyl groups is 1. The zero-order valence-electron chi connectivity index (χ0n) is 46.4. The molecule has 25 heteroatoms. The number of nitrogens with one attached hydrogen (secondary N) is 1. The number of carbonyl (C=O) groups excluding carboxylic acids is 2. The molecule has 2 amide bonds. The number of phosphoric acid groups is 1. The molecule has 3 aromatic heterocycles. The molecular weight excluding hydrogens is 1080 g/mol. The highest BCUT2D eigenvalue weighted by Crippen LogP contribution is 2.44. The van der Waals surface area contributed by atoms with Crippen molar-refractivity contribution < 1.29 is 56.7 Å². The summed E-state index contributed by atoms with van der Waals surface area (Å²) >= 11 is 0. The second-order valence-corrected chi connectivity index (χ2v) is 23.5. The smallest absolute Gasteiger partial charge is 0.474 e. The van der Waals surface area contributed by atoms with Gasteiger partial charge in [-0.05, 0) is 85.6 Å². The molecule has 5 fully saturated rings. The second-order valence-electron chi connectivity index (χ2n) is 22.0. The van der Waals surface area contributed by atoms with Gasteiger partial charge >= 0.3 is 7.82 Å². The van der Waals surface area contributed by atoms with Crippen LogP contribution in [0.25, 0.3) is 11.3 Å². The van der Waals surface area contributed by atoms with Gasteiger partial charge in [-0.3, -0.25) is 19.0 Å². The fourth-order valence-electron chi connectivity index (χ4n) is 11.7. The van der Waals surface area contributed by atoms with E-state index in [1.807, 2.05) is 57.3 Å². The van der Waals surface area contributed by atoms with E-state index in [2.05, 4.69) is 46.4 Å². The quantitative estimate of drug-likeness (QED) is 0.0386. The summed E-state index contributed by atoms with van der Waals surface area (Å²) < 4.78 is 52.3. The third kappa shape index (κ3) is 13.9. The van der Waals surface area contributed by atoms with E-state index < -0.39 is 32.7 Å². The topological polar surface area (TPSA) is 313 Å². The number of piperidine rings is 1. The maximum Gasteiger partial charge on any atom is 0.475 e. The number of phosphoric ester groups is 1. The summed E-state index contributed by atoms with van der Waals surface area (Å²) in [5.41, 5.74) is 16.2. The van der Waals surface area contributed by atoms with Crippen molar-refractivity contribution in [2.45, 2.75) is 120 Å². The van der Waals surface area contributed by atoms with Crippen LogP contribution in [0, 0.1) is 17.2 Å². The maximum absolute atomic E-state index is 14.1. The molecule has 0 spiro atoms. The van der Waals surface area contributed by atoms with Crippen molar-refractivity contribution in [3.63, 3.8) is 0 Å². The molecule has 7 heterocycles. The molecule has 10 rings (SSSR count). The van der Waals surface area contributed by atoms with Crippen molar-refractivity contribution in [2.75, 3.05) is 81.4 Å². The highest BCUT2D eigenvalue weighted by molar-refractivity contribution is 7.47. The SMILES string of the molecule is CC(C)[C@@H](C(=O)N1C[C@H](O)C[C@H]1C(=O)N[C@@H](C)c1ccc(C#N)cc1)c1cc(OCCN2CCC(OC3CC(Oc4cc(N5C6CCC5CN(c5cc(-c7ccccc7OCOP(=O)(O)OCCN)nnc5N)C6)ccn4)C3)CC2)no1. The van der Waals surface area contributed by atoms with Crippen LogP contribution in [-0.4, -0.2) is 160 Å². The first-order chi connectivity index (χ1) is 39.6. The van der Waals surface area contributed by atoms with Gasteiger partial charge in [0.25, 0.3) is 5.88 Å². The average molecular weight is 1150 g/mol. The molecule has 7 atom stereocenters. The molecule has 2 aromatic carbocycles. The Morgan fingerprint density at radius 1 is 0.890 bits per heavy atom. The molecule has 4 aliphatic heterocycles. The third-order valence-electron chi connectivity index (χ3n) is 16.0. The number of benzene rings is 2. The van der Waals surface area contributed by atoms with Crippen molar-refractivity contribution >= 4 is 36.8 Å². The molecule has 5 aromatic rings. The largest absolute Gasteiger partial charge is 0.475 e. The summed E-state index contributed by atoms with van der Waals surface area (Å²) in [5, 5.41) is 35.6. The lowest BCUT2D eigenvalue weighted by atomic mass is 9.91. The number of pyridine rings is 1. The number of piperazine rings is 1. The van der Waals surface area contributed by atoms with Crippen molar-refractivity contribution in [3.8, 4) is 34.8 Å². The first kappa shape index (κ1) is 58.3. The number of anilines is 3. The Bertz CT molecular complexity index is 3070. The number of para-hydroxylation sites is 1. The fraction of sp³-hybridized carbons (Fsp3) is 0.526. The van der Waals surface area contributed by atoms with Crippen molar-refractivity contribution in [3.05, 3.63) is 95.9 Å². The number of hydrogen-bond donors (Lipinski definition) is 5. The van der Waals surface area contributed by atoms with Gasteiger partial charge in [0.05, 0.1) is 54.0 Å². The van der Waals surface area contributed by atoms with Gasteiger partial charge in [0.2, 0.25) is 17.7 Å². The van der Waals surface area contributed by atoms with Gasteiger partial charge in [-0.1, -0.05) is 38.1 Å². The van der Waals surface area contributed by atoms with Crippen LogP contribution < -0.4 is 40.8 Å². The Balaban J connectivity index is 0.643. The summed E-state index contributed by atoms with van der Waals surface area (Å²) in [6, 6.07) is 23.0. The average Bonchev–Trinajstić information content (AvgIpc) is 4.29. The number of nitrogens with zero attached hydrogens (tertiary/aromatic N) is 9. The number of aromatic nitrogens is 4. The van der Waals surface area contributed by atoms with Gasteiger partial charge in [0, 0.05) is 107 Å². The molecule has 24 nitrogen and oxygen atoms in total. The number of aliphatic hydroxyl groups excluding tert-OH is 1. The molecule has 438 valence electrons. The molecule has 2 bridgehead atoms. The van der Waals surface area contributed by atoms with Crippen LogP contribution >= 0.6 is 7.82 Å². The minimum atomic E-state index is -4.34.